The number of hydrogen-bond acceptors (Lipinski definition) is 2. The van der Waals surface area contributed by atoms with E-state index in [9.17, 15) is 9.59 Å². The standard InChI is InChI=1S/C28H25N3O2/c32-27-25(22-11-10-20-6-4-5-7-21(20)15-22)12-13-26-23-14-19(17-31(26)27)16-30(18-23)28(33)29-24-8-2-1-3-9-24/h1-13,15,19,23H,14,16-18H2,(H,29,33). The molecule has 0 radical (unpaired) electrons. The third kappa shape index (κ3) is 3.59. The predicted octanol–water partition coefficient (Wildman–Crippen LogP) is 5.32. The Hall–Kier alpha value is -3.86. The van der Waals surface area contributed by atoms with E-state index >= 15 is 0 Å². The Kier molecular flexibility index (Phi) is 4.75. The Labute approximate surface area is 192 Å². The predicted molar refractivity (Wildman–Crippen MR) is 132 cm³/mol. The fourth-order valence-electron chi connectivity index (χ4n) is 5.41. The number of hydrogen-bond donors (Lipinski definition) is 1. The number of para-hydroxylation sites is 1. The molecule has 0 aliphatic carbocycles. The van der Waals surface area contributed by atoms with Crippen molar-refractivity contribution in [3.05, 3.63) is 101 Å². The number of fused-ring (bicyclic) bond motifs is 5. The maximum atomic E-state index is 13.5. The Morgan fingerprint density at radius 3 is 2.45 bits per heavy atom. The first kappa shape index (κ1) is 19.8. The van der Waals surface area contributed by atoms with Crippen LogP contribution in [0, 0.1) is 5.92 Å². The quantitative estimate of drug-likeness (QED) is 0.463. The first-order valence-electron chi connectivity index (χ1n) is 11.5. The lowest BCUT2D eigenvalue weighted by Gasteiger charge is -2.42. The molecule has 3 aromatic carbocycles. The van der Waals surface area contributed by atoms with Gasteiger partial charge in [0.25, 0.3) is 5.56 Å². The summed E-state index contributed by atoms with van der Waals surface area (Å²) >= 11 is 0. The number of likely N-dealkylation sites (tertiary alicyclic amines) is 1. The molecule has 2 bridgehead atoms. The first-order chi connectivity index (χ1) is 16.2. The molecule has 1 N–H and O–H groups in total. The van der Waals surface area contributed by atoms with E-state index in [1.165, 1.54) is 5.39 Å². The number of urea groups is 1. The summed E-state index contributed by atoms with van der Waals surface area (Å²) in [5, 5.41) is 5.30. The van der Waals surface area contributed by atoms with Crippen LogP contribution in [0.15, 0.2) is 89.7 Å². The lowest BCUT2D eigenvalue weighted by molar-refractivity contribution is 0.139. The van der Waals surface area contributed by atoms with Crippen molar-refractivity contribution in [3.63, 3.8) is 0 Å². The molecule has 2 aliphatic heterocycles. The first-order valence-corrected chi connectivity index (χ1v) is 11.5. The molecule has 164 valence electrons. The van der Waals surface area contributed by atoms with Crippen molar-refractivity contribution >= 4 is 22.5 Å². The molecular formula is C28H25N3O2. The van der Waals surface area contributed by atoms with E-state index in [-0.39, 0.29) is 23.4 Å². The van der Waals surface area contributed by atoms with Crippen molar-refractivity contribution in [1.29, 1.82) is 0 Å². The van der Waals surface area contributed by atoms with Crippen LogP contribution in [0.2, 0.25) is 0 Å². The Morgan fingerprint density at radius 2 is 1.61 bits per heavy atom. The highest BCUT2D eigenvalue weighted by Gasteiger charge is 2.36. The molecule has 2 aliphatic rings. The molecule has 4 aromatic rings. The topological polar surface area (TPSA) is 54.3 Å². The highest BCUT2D eigenvalue weighted by molar-refractivity contribution is 5.89. The van der Waals surface area contributed by atoms with Gasteiger partial charge in [-0.2, -0.15) is 0 Å². The molecule has 1 aromatic heterocycles. The van der Waals surface area contributed by atoms with Crippen LogP contribution in [0.3, 0.4) is 0 Å². The normalized spacial score (nSPS) is 19.2. The van der Waals surface area contributed by atoms with Crippen LogP contribution >= 0.6 is 0 Å². The summed E-state index contributed by atoms with van der Waals surface area (Å²) in [4.78, 5) is 28.3. The fourth-order valence-corrected chi connectivity index (χ4v) is 5.41. The zero-order valence-electron chi connectivity index (χ0n) is 18.3. The average molecular weight is 436 g/mol. The van der Waals surface area contributed by atoms with E-state index in [0.717, 1.165) is 34.3 Å². The van der Waals surface area contributed by atoms with E-state index in [4.69, 9.17) is 0 Å². The molecule has 33 heavy (non-hydrogen) atoms. The fraction of sp³-hybridized carbons (Fsp3) is 0.214. The van der Waals surface area contributed by atoms with Crippen LogP contribution < -0.4 is 10.9 Å². The number of nitrogens with zero attached hydrogens (tertiary/aromatic N) is 2. The number of pyridine rings is 1. The Bertz CT molecular complexity index is 1410. The van der Waals surface area contributed by atoms with Crippen LogP contribution in [0.1, 0.15) is 18.0 Å². The van der Waals surface area contributed by atoms with Gasteiger partial charge in [-0.1, -0.05) is 54.6 Å². The van der Waals surface area contributed by atoms with Crippen molar-refractivity contribution < 1.29 is 4.79 Å². The average Bonchev–Trinajstić information content (AvgIpc) is 2.85. The summed E-state index contributed by atoms with van der Waals surface area (Å²) in [7, 11) is 0. The summed E-state index contributed by atoms with van der Waals surface area (Å²) in [6.07, 6.45) is 1.02. The number of aromatic nitrogens is 1. The number of anilines is 1. The Morgan fingerprint density at radius 1 is 0.818 bits per heavy atom. The van der Waals surface area contributed by atoms with Crippen molar-refractivity contribution in [2.45, 2.75) is 18.9 Å². The minimum Gasteiger partial charge on any atom is -0.324 e. The monoisotopic (exact) mass is 435 g/mol. The number of nitrogens with one attached hydrogen (secondary N) is 1. The highest BCUT2D eigenvalue weighted by atomic mass is 16.2. The van der Waals surface area contributed by atoms with Gasteiger partial charge in [0.1, 0.15) is 0 Å². The molecule has 2 atom stereocenters. The largest absolute Gasteiger partial charge is 0.324 e. The van der Waals surface area contributed by atoms with Crippen molar-refractivity contribution in [3.8, 4) is 11.1 Å². The SMILES string of the molecule is O=C(Nc1ccccc1)N1CC2CC(C1)c1ccc(-c3ccc4ccccc4c3)c(=O)n1C2. The lowest BCUT2D eigenvalue weighted by Crippen LogP contribution is -2.50. The van der Waals surface area contributed by atoms with Crippen molar-refractivity contribution in [2.75, 3.05) is 18.4 Å². The van der Waals surface area contributed by atoms with Gasteiger partial charge in [0.2, 0.25) is 0 Å². The number of amides is 2. The van der Waals surface area contributed by atoms with Crippen LogP contribution in [0.5, 0.6) is 0 Å². The zero-order valence-corrected chi connectivity index (χ0v) is 18.3. The van der Waals surface area contributed by atoms with Gasteiger partial charge in [-0.25, -0.2) is 4.79 Å². The number of piperidine rings is 1. The Balaban J connectivity index is 1.29. The molecule has 1 fully saturated rings. The van der Waals surface area contributed by atoms with Crippen LogP contribution in [-0.2, 0) is 6.54 Å². The minimum atomic E-state index is -0.0699. The molecule has 5 nitrogen and oxygen atoms in total. The molecule has 3 heterocycles. The summed E-state index contributed by atoms with van der Waals surface area (Å²) in [6.45, 7) is 1.95. The van der Waals surface area contributed by atoms with Crippen LogP contribution in [0.25, 0.3) is 21.9 Å². The minimum absolute atomic E-state index is 0.0691. The summed E-state index contributed by atoms with van der Waals surface area (Å²) in [6, 6.07) is 27.9. The van der Waals surface area contributed by atoms with Gasteiger partial charge in [0.05, 0.1) is 0 Å². The number of carbonyl (C=O) groups is 1. The van der Waals surface area contributed by atoms with Gasteiger partial charge < -0.3 is 14.8 Å². The molecule has 5 heteroatoms. The summed E-state index contributed by atoms with van der Waals surface area (Å²) in [5.74, 6) is 0.458. The van der Waals surface area contributed by atoms with E-state index in [0.29, 0.717) is 19.6 Å². The van der Waals surface area contributed by atoms with Gasteiger partial charge >= 0.3 is 6.03 Å². The molecule has 0 saturated carbocycles. The molecule has 6 rings (SSSR count). The molecule has 1 saturated heterocycles. The second-order valence-corrected chi connectivity index (χ2v) is 9.15. The van der Waals surface area contributed by atoms with Crippen molar-refractivity contribution in [2.24, 2.45) is 5.92 Å². The van der Waals surface area contributed by atoms with E-state index in [1.807, 2.05) is 64.1 Å². The second kappa shape index (κ2) is 7.93. The van der Waals surface area contributed by atoms with Gasteiger partial charge in [-0.05, 0) is 59.0 Å². The summed E-state index contributed by atoms with van der Waals surface area (Å²) < 4.78 is 1.95. The van der Waals surface area contributed by atoms with E-state index < -0.39 is 0 Å². The van der Waals surface area contributed by atoms with E-state index in [1.54, 1.807) is 0 Å². The molecule has 2 amide bonds. The highest BCUT2D eigenvalue weighted by Crippen LogP contribution is 2.36. The number of carbonyl (C=O) groups excluding carboxylic acids is 1. The maximum absolute atomic E-state index is 13.5. The van der Waals surface area contributed by atoms with Crippen LogP contribution in [0.4, 0.5) is 10.5 Å². The van der Waals surface area contributed by atoms with Crippen LogP contribution in [-0.4, -0.2) is 28.6 Å². The summed E-state index contributed by atoms with van der Waals surface area (Å²) in [5.41, 5.74) is 3.60. The molecular weight excluding hydrogens is 410 g/mol. The smallest absolute Gasteiger partial charge is 0.321 e. The van der Waals surface area contributed by atoms with Gasteiger partial charge in [-0.3, -0.25) is 4.79 Å². The van der Waals surface area contributed by atoms with Gasteiger partial charge in [0, 0.05) is 42.5 Å². The van der Waals surface area contributed by atoms with Gasteiger partial charge in [0.15, 0.2) is 0 Å². The number of rotatable bonds is 2. The van der Waals surface area contributed by atoms with Crippen molar-refractivity contribution in [1.82, 2.24) is 9.47 Å². The number of benzene rings is 3. The van der Waals surface area contributed by atoms with Gasteiger partial charge in [-0.15, -0.1) is 0 Å². The lowest BCUT2D eigenvalue weighted by atomic mass is 9.83. The molecule has 2 unspecified atom stereocenters. The zero-order chi connectivity index (χ0) is 22.4. The van der Waals surface area contributed by atoms with E-state index in [2.05, 4.69) is 35.6 Å². The second-order valence-electron chi connectivity index (χ2n) is 9.15. The third-order valence-electron chi connectivity index (χ3n) is 6.98. The molecule has 0 spiro atoms. The maximum Gasteiger partial charge on any atom is 0.321 e. The third-order valence-corrected chi connectivity index (χ3v) is 6.98.